The molecular formula is C25H26ClN3OS. The Bertz CT molecular complexity index is 1080. The summed E-state index contributed by atoms with van der Waals surface area (Å²) in [4.78, 5) is 19.0. The van der Waals surface area contributed by atoms with Crippen molar-refractivity contribution in [1.82, 2.24) is 4.98 Å². The highest BCUT2D eigenvalue weighted by Crippen LogP contribution is 2.36. The van der Waals surface area contributed by atoms with Gasteiger partial charge in [0.25, 0.3) is 5.91 Å². The predicted octanol–water partition coefficient (Wildman–Crippen LogP) is 6.00. The van der Waals surface area contributed by atoms with E-state index in [2.05, 4.69) is 48.0 Å². The Morgan fingerprint density at radius 3 is 2.71 bits per heavy atom. The number of carbonyl (C=O) groups excluding carboxylic acids is 1. The molecule has 160 valence electrons. The number of primary amides is 1. The molecule has 4 rings (SSSR count). The first-order valence-electron chi connectivity index (χ1n) is 10.5. The van der Waals surface area contributed by atoms with Crippen LogP contribution >= 0.6 is 23.4 Å². The first kappa shape index (κ1) is 21.7. The van der Waals surface area contributed by atoms with Gasteiger partial charge < -0.3 is 10.6 Å². The van der Waals surface area contributed by atoms with Crippen LogP contribution in [0.3, 0.4) is 0 Å². The molecule has 1 aliphatic rings. The summed E-state index contributed by atoms with van der Waals surface area (Å²) in [5.74, 6) is 0.0000889. The maximum atomic E-state index is 12.4. The maximum Gasteiger partial charge on any atom is 0.250 e. The van der Waals surface area contributed by atoms with Crippen molar-refractivity contribution in [2.24, 2.45) is 5.73 Å². The van der Waals surface area contributed by atoms with Gasteiger partial charge in [0.15, 0.2) is 0 Å². The van der Waals surface area contributed by atoms with Gasteiger partial charge in [-0.05, 0) is 53.3 Å². The zero-order chi connectivity index (χ0) is 22.0. The van der Waals surface area contributed by atoms with Gasteiger partial charge >= 0.3 is 0 Å². The molecule has 2 aromatic carbocycles. The lowest BCUT2D eigenvalue weighted by atomic mass is 9.91. The van der Waals surface area contributed by atoms with E-state index in [1.807, 2.05) is 30.3 Å². The van der Waals surface area contributed by atoms with Crippen LogP contribution in [0.15, 0.2) is 65.8 Å². The molecular weight excluding hydrogens is 426 g/mol. The first-order valence-corrected chi connectivity index (χ1v) is 11.7. The minimum absolute atomic E-state index is 0.394. The molecule has 1 aromatic heterocycles. The quantitative estimate of drug-likeness (QED) is 0.499. The number of nitrogens with zero attached hydrogens (tertiary/aromatic N) is 2. The van der Waals surface area contributed by atoms with Crippen LogP contribution in [0.4, 0.5) is 5.69 Å². The fourth-order valence-electron chi connectivity index (χ4n) is 4.09. The normalized spacial score (nSPS) is 16.1. The van der Waals surface area contributed by atoms with Gasteiger partial charge in [-0.25, -0.2) is 4.98 Å². The summed E-state index contributed by atoms with van der Waals surface area (Å²) in [6.45, 7) is 6.09. The van der Waals surface area contributed by atoms with E-state index >= 15 is 0 Å². The lowest BCUT2D eigenvalue weighted by molar-refractivity contribution is 0.100. The maximum absolute atomic E-state index is 12.4. The van der Waals surface area contributed by atoms with Crippen LogP contribution in [0, 0.1) is 0 Å². The largest absolute Gasteiger partial charge is 0.370 e. The van der Waals surface area contributed by atoms with Gasteiger partial charge in [-0.15, -0.1) is 11.8 Å². The van der Waals surface area contributed by atoms with Crippen LogP contribution in [-0.4, -0.2) is 29.2 Å². The Balaban J connectivity index is 1.58. The molecule has 2 N–H and O–H groups in total. The number of benzene rings is 2. The zero-order valence-corrected chi connectivity index (χ0v) is 19.3. The summed E-state index contributed by atoms with van der Waals surface area (Å²) in [6.07, 6.45) is 2.70. The number of thioether (sulfide) groups is 1. The SMILES string of the molecule is CC(C)c1ccccc1-c1ccc(N2CC[C@H](Sc3ccc(Cl)cn3)C2)c(C(N)=O)c1. The lowest BCUT2D eigenvalue weighted by Gasteiger charge is -2.22. The number of amides is 1. The van der Waals surface area contributed by atoms with Crippen LogP contribution < -0.4 is 10.6 Å². The van der Waals surface area contributed by atoms with Crippen molar-refractivity contribution in [3.8, 4) is 11.1 Å². The summed E-state index contributed by atoms with van der Waals surface area (Å²) in [5.41, 5.74) is 10.7. The number of pyridine rings is 1. The van der Waals surface area contributed by atoms with E-state index in [4.69, 9.17) is 17.3 Å². The third kappa shape index (κ3) is 4.89. The van der Waals surface area contributed by atoms with E-state index < -0.39 is 5.91 Å². The van der Waals surface area contributed by atoms with Gasteiger partial charge in [-0.2, -0.15) is 0 Å². The van der Waals surface area contributed by atoms with Crippen LogP contribution in [0.25, 0.3) is 11.1 Å². The molecule has 4 nitrogen and oxygen atoms in total. The van der Waals surface area contributed by atoms with Crippen LogP contribution in [-0.2, 0) is 0 Å². The Morgan fingerprint density at radius 2 is 2.00 bits per heavy atom. The second-order valence-electron chi connectivity index (χ2n) is 8.13. The number of hydrogen-bond acceptors (Lipinski definition) is 4. The molecule has 3 aromatic rings. The van der Waals surface area contributed by atoms with Crippen LogP contribution in [0.5, 0.6) is 0 Å². The Morgan fingerprint density at radius 1 is 1.19 bits per heavy atom. The second-order valence-corrected chi connectivity index (χ2v) is 9.88. The number of carbonyl (C=O) groups is 1. The lowest BCUT2D eigenvalue weighted by Crippen LogP contribution is -2.24. The Hall–Kier alpha value is -2.50. The number of halogens is 1. The van der Waals surface area contributed by atoms with E-state index in [9.17, 15) is 4.79 Å². The highest BCUT2D eigenvalue weighted by atomic mass is 35.5. The molecule has 0 bridgehead atoms. The van der Waals surface area contributed by atoms with Gasteiger partial charge in [-0.1, -0.05) is 55.8 Å². The Labute approximate surface area is 192 Å². The highest BCUT2D eigenvalue weighted by Gasteiger charge is 2.27. The number of rotatable bonds is 6. The topological polar surface area (TPSA) is 59.2 Å². The minimum atomic E-state index is -0.394. The molecule has 0 spiro atoms. The number of aromatic nitrogens is 1. The summed E-state index contributed by atoms with van der Waals surface area (Å²) >= 11 is 7.69. The molecule has 0 radical (unpaired) electrons. The van der Waals surface area contributed by atoms with E-state index in [0.29, 0.717) is 21.8 Å². The van der Waals surface area contributed by atoms with Crippen molar-refractivity contribution in [2.45, 2.75) is 36.5 Å². The number of anilines is 1. The molecule has 2 heterocycles. The van der Waals surface area contributed by atoms with Gasteiger partial charge in [0.2, 0.25) is 0 Å². The monoisotopic (exact) mass is 451 g/mol. The number of nitrogens with two attached hydrogens (primary N) is 1. The van der Waals surface area contributed by atoms with Crippen LogP contribution in [0.1, 0.15) is 42.1 Å². The summed E-state index contributed by atoms with van der Waals surface area (Å²) in [6, 6.07) is 18.2. The third-order valence-electron chi connectivity index (χ3n) is 5.63. The summed E-state index contributed by atoms with van der Waals surface area (Å²) < 4.78 is 0. The molecule has 1 fully saturated rings. The zero-order valence-electron chi connectivity index (χ0n) is 17.7. The second kappa shape index (κ2) is 9.33. The highest BCUT2D eigenvalue weighted by molar-refractivity contribution is 7.99. The van der Waals surface area contributed by atoms with E-state index in [0.717, 1.165) is 41.4 Å². The molecule has 31 heavy (non-hydrogen) atoms. The fourth-order valence-corrected chi connectivity index (χ4v) is 5.28. The molecule has 0 aliphatic carbocycles. The van der Waals surface area contributed by atoms with Gasteiger partial charge in [0, 0.05) is 30.2 Å². The average molecular weight is 452 g/mol. The van der Waals surface area contributed by atoms with Crippen molar-refractivity contribution < 1.29 is 4.79 Å². The molecule has 1 atom stereocenters. The van der Waals surface area contributed by atoms with Gasteiger partial charge in [-0.3, -0.25) is 4.79 Å². The van der Waals surface area contributed by atoms with Crippen molar-refractivity contribution in [1.29, 1.82) is 0 Å². The van der Waals surface area contributed by atoms with Crippen molar-refractivity contribution in [3.63, 3.8) is 0 Å². The molecule has 1 amide bonds. The molecule has 6 heteroatoms. The van der Waals surface area contributed by atoms with Crippen molar-refractivity contribution >= 4 is 35.0 Å². The first-order chi connectivity index (χ1) is 14.9. The van der Waals surface area contributed by atoms with Crippen molar-refractivity contribution in [2.75, 3.05) is 18.0 Å². The third-order valence-corrected chi connectivity index (χ3v) is 7.05. The smallest absolute Gasteiger partial charge is 0.250 e. The molecule has 1 aliphatic heterocycles. The molecule has 0 saturated carbocycles. The summed E-state index contributed by atoms with van der Waals surface area (Å²) in [7, 11) is 0. The van der Waals surface area contributed by atoms with E-state index in [-0.39, 0.29) is 0 Å². The standard InChI is InChI=1S/C25H26ClN3OS/c1-16(2)20-5-3-4-6-21(20)17-7-9-23(22(13-17)25(27)30)29-12-11-19(15-29)31-24-10-8-18(26)14-28-24/h3-10,13-14,16,19H,11-12,15H2,1-2H3,(H2,27,30)/t19-/m0/s1. The van der Waals surface area contributed by atoms with Crippen molar-refractivity contribution in [3.05, 3.63) is 76.9 Å². The average Bonchev–Trinajstić information content (AvgIpc) is 3.23. The van der Waals surface area contributed by atoms with E-state index in [1.165, 1.54) is 5.56 Å². The summed E-state index contributed by atoms with van der Waals surface area (Å²) in [5, 5.41) is 2.00. The number of hydrogen-bond donors (Lipinski definition) is 1. The molecule has 1 saturated heterocycles. The Kier molecular flexibility index (Phi) is 6.54. The molecule has 0 unspecified atom stereocenters. The van der Waals surface area contributed by atoms with Crippen LogP contribution in [0.2, 0.25) is 5.02 Å². The minimum Gasteiger partial charge on any atom is -0.370 e. The van der Waals surface area contributed by atoms with Gasteiger partial charge in [0.1, 0.15) is 0 Å². The van der Waals surface area contributed by atoms with Gasteiger partial charge in [0.05, 0.1) is 15.6 Å². The fraction of sp³-hybridized carbons (Fsp3) is 0.280. The predicted molar refractivity (Wildman–Crippen MR) is 130 cm³/mol. The van der Waals surface area contributed by atoms with E-state index in [1.54, 1.807) is 18.0 Å².